The summed E-state index contributed by atoms with van der Waals surface area (Å²) < 4.78 is 0. The second-order valence-electron chi connectivity index (χ2n) is 4.73. The van der Waals surface area contributed by atoms with Gasteiger partial charge in [-0.25, -0.2) is 0 Å². The summed E-state index contributed by atoms with van der Waals surface area (Å²) in [5, 5.41) is 1.44. The van der Waals surface area contributed by atoms with Crippen molar-refractivity contribution in [3.8, 4) is 0 Å². The molecule has 0 fully saturated rings. The molecular formula is C14H20OSi. The number of carbonyl (C=O) groups excluding carboxylic acids is 1. The molecule has 0 spiro atoms. The zero-order chi connectivity index (χ0) is 12.0. The fraction of sp³-hybridized carbons (Fsp3) is 0.357. The lowest BCUT2D eigenvalue weighted by atomic mass is 10.2. The quantitative estimate of drug-likeness (QED) is 0.713. The van der Waals surface area contributed by atoms with E-state index in [-0.39, 0.29) is 5.78 Å². The molecule has 0 saturated heterocycles. The molecule has 1 aromatic carbocycles. The van der Waals surface area contributed by atoms with Crippen LogP contribution < -0.4 is 5.19 Å². The predicted molar refractivity (Wildman–Crippen MR) is 72.6 cm³/mol. The van der Waals surface area contributed by atoms with Crippen LogP contribution in [0.1, 0.15) is 19.8 Å². The second-order valence-corrected chi connectivity index (χ2v) is 9.08. The van der Waals surface area contributed by atoms with Gasteiger partial charge in [-0.1, -0.05) is 60.4 Å². The fourth-order valence-electron chi connectivity index (χ4n) is 1.63. The Bertz CT molecular complexity index is 366. The zero-order valence-corrected chi connectivity index (χ0v) is 11.4. The Labute approximate surface area is 99.2 Å². The minimum atomic E-state index is -1.44. The summed E-state index contributed by atoms with van der Waals surface area (Å²) in [4.78, 5) is 10.8. The van der Waals surface area contributed by atoms with Gasteiger partial charge in [0.15, 0.2) is 0 Å². The highest BCUT2D eigenvalue weighted by molar-refractivity contribution is 6.93. The van der Waals surface area contributed by atoms with Gasteiger partial charge in [0.2, 0.25) is 0 Å². The van der Waals surface area contributed by atoms with E-state index < -0.39 is 8.07 Å². The van der Waals surface area contributed by atoms with Gasteiger partial charge >= 0.3 is 0 Å². The van der Waals surface area contributed by atoms with Gasteiger partial charge in [0, 0.05) is 6.42 Å². The third-order valence-corrected chi connectivity index (χ3v) is 5.61. The number of rotatable bonds is 5. The monoisotopic (exact) mass is 232 g/mol. The van der Waals surface area contributed by atoms with E-state index in [1.54, 1.807) is 6.92 Å². The van der Waals surface area contributed by atoms with Crippen molar-refractivity contribution in [2.75, 3.05) is 0 Å². The topological polar surface area (TPSA) is 17.1 Å². The first-order chi connectivity index (χ1) is 7.52. The largest absolute Gasteiger partial charge is 0.300 e. The fourth-order valence-corrected chi connectivity index (χ4v) is 3.63. The first-order valence-corrected chi connectivity index (χ1v) is 8.83. The van der Waals surface area contributed by atoms with Crippen molar-refractivity contribution in [1.82, 2.24) is 0 Å². The van der Waals surface area contributed by atoms with Gasteiger partial charge in [0.05, 0.1) is 0 Å². The van der Waals surface area contributed by atoms with Crippen molar-refractivity contribution >= 4 is 19.0 Å². The Balaban J connectivity index is 2.61. The van der Waals surface area contributed by atoms with E-state index in [4.69, 9.17) is 0 Å². The minimum absolute atomic E-state index is 0.267. The van der Waals surface area contributed by atoms with Gasteiger partial charge in [-0.3, -0.25) is 0 Å². The van der Waals surface area contributed by atoms with E-state index in [1.165, 1.54) is 5.19 Å². The van der Waals surface area contributed by atoms with Gasteiger partial charge in [-0.15, -0.1) is 0 Å². The highest BCUT2D eigenvalue weighted by atomic mass is 28.3. The van der Waals surface area contributed by atoms with Crippen LogP contribution in [0.15, 0.2) is 42.1 Å². The summed E-state index contributed by atoms with van der Waals surface area (Å²) in [5.74, 6) is 0.267. The van der Waals surface area contributed by atoms with Crippen molar-refractivity contribution in [1.29, 1.82) is 0 Å². The molecule has 86 valence electrons. The van der Waals surface area contributed by atoms with E-state index in [9.17, 15) is 4.79 Å². The average Bonchev–Trinajstić information content (AvgIpc) is 2.26. The van der Waals surface area contributed by atoms with Crippen LogP contribution in [0.5, 0.6) is 0 Å². The summed E-state index contributed by atoms with van der Waals surface area (Å²) in [6, 6.07) is 10.6. The van der Waals surface area contributed by atoms with Crippen molar-refractivity contribution < 1.29 is 4.79 Å². The molecule has 0 saturated carbocycles. The minimum Gasteiger partial charge on any atom is -0.300 e. The van der Waals surface area contributed by atoms with E-state index >= 15 is 0 Å². The van der Waals surface area contributed by atoms with Crippen LogP contribution in [0, 0.1) is 0 Å². The Morgan fingerprint density at radius 1 is 1.25 bits per heavy atom. The summed E-state index contributed by atoms with van der Waals surface area (Å²) >= 11 is 0. The van der Waals surface area contributed by atoms with Crippen LogP contribution in [-0.4, -0.2) is 13.9 Å². The van der Waals surface area contributed by atoms with Crippen LogP contribution >= 0.6 is 0 Å². The third-order valence-electron chi connectivity index (χ3n) is 2.72. The molecule has 0 heterocycles. The van der Waals surface area contributed by atoms with Crippen LogP contribution in [0.3, 0.4) is 0 Å². The molecule has 0 aliphatic rings. The maximum atomic E-state index is 10.8. The molecule has 0 N–H and O–H groups in total. The van der Waals surface area contributed by atoms with Crippen LogP contribution in [0.2, 0.25) is 13.1 Å². The lowest BCUT2D eigenvalue weighted by molar-refractivity contribution is -0.116. The number of ketones is 1. The molecular weight excluding hydrogens is 212 g/mol. The first-order valence-electron chi connectivity index (χ1n) is 5.75. The van der Waals surface area contributed by atoms with Crippen molar-refractivity contribution in [3.05, 3.63) is 42.1 Å². The van der Waals surface area contributed by atoms with Crippen molar-refractivity contribution in [2.24, 2.45) is 0 Å². The Morgan fingerprint density at radius 2 is 1.88 bits per heavy atom. The van der Waals surface area contributed by atoms with Crippen molar-refractivity contribution in [3.63, 3.8) is 0 Å². The summed E-state index contributed by atoms with van der Waals surface area (Å²) in [5.41, 5.74) is 2.32. The SMILES string of the molecule is CC(=O)CC/C=C\[Si](C)(C)c1ccccc1. The predicted octanol–water partition coefficient (Wildman–Crippen LogP) is 3.07. The van der Waals surface area contributed by atoms with Gasteiger partial charge in [-0.05, 0) is 13.3 Å². The van der Waals surface area contributed by atoms with E-state index in [0.29, 0.717) is 6.42 Å². The molecule has 2 heteroatoms. The smallest absolute Gasteiger partial charge is 0.130 e. The molecule has 0 unspecified atom stereocenters. The number of benzene rings is 1. The second kappa shape index (κ2) is 5.80. The number of allylic oxidation sites excluding steroid dienone is 1. The molecule has 1 rings (SSSR count). The number of hydrogen-bond acceptors (Lipinski definition) is 1. The molecule has 0 amide bonds. The lowest BCUT2D eigenvalue weighted by Gasteiger charge is -2.18. The summed E-state index contributed by atoms with van der Waals surface area (Å²) in [6.45, 7) is 6.30. The maximum absolute atomic E-state index is 10.8. The van der Waals surface area contributed by atoms with Crippen LogP contribution in [-0.2, 0) is 4.79 Å². The first kappa shape index (κ1) is 12.9. The number of carbonyl (C=O) groups is 1. The van der Waals surface area contributed by atoms with Gasteiger partial charge < -0.3 is 4.79 Å². The van der Waals surface area contributed by atoms with Gasteiger partial charge in [-0.2, -0.15) is 0 Å². The molecule has 16 heavy (non-hydrogen) atoms. The zero-order valence-electron chi connectivity index (χ0n) is 10.4. The van der Waals surface area contributed by atoms with E-state index in [1.807, 2.05) is 6.07 Å². The van der Waals surface area contributed by atoms with Gasteiger partial charge in [0.1, 0.15) is 13.9 Å². The number of hydrogen-bond donors (Lipinski definition) is 0. The Hall–Kier alpha value is -1.15. The average molecular weight is 232 g/mol. The molecule has 0 atom stereocenters. The van der Waals surface area contributed by atoms with E-state index in [2.05, 4.69) is 49.1 Å². The molecule has 1 nitrogen and oxygen atoms in total. The summed E-state index contributed by atoms with van der Waals surface area (Å²) in [7, 11) is -1.44. The van der Waals surface area contributed by atoms with Crippen LogP contribution in [0.4, 0.5) is 0 Å². The van der Waals surface area contributed by atoms with E-state index in [0.717, 1.165) is 6.42 Å². The molecule has 0 bridgehead atoms. The van der Waals surface area contributed by atoms with Crippen LogP contribution in [0.25, 0.3) is 0 Å². The standard InChI is InChI=1S/C14H20OSi/c1-13(15)9-7-8-12-16(2,3)14-10-5-4-6-11-14/h4-6,8,10-12H,7,9H2,1-3H3/b12-8-. The molecule has 1 aromatic rings. The number of Topliss-reactive ketones (excluding diaryl/α,β-unsaturated/α-hetero) is 1. The lowest BCUT2D eigenvalue weighted by Crippen LogP contribution is -2.39. The molecule has 0 aromatic heterocycles. The Kier molecular flexibility index (Phi) is 4.68. The molecule has 0 aliphatic carbocycles. The van der Waals surface area contributed by atoms with Crippen molar-refractivity contribution in [2.45, 2.75) is 32.9 Å². The van der Waals surface area contributed by atoms with Gasteiger partial charge in [0.25, 0.3) is 0 Å². The molecule has 0 radical (unpaired) electrons. The highest BCUT2D eigenvalue weighted by Gasteiger charge is 2.18. The Morgan fingerprint density at radius 3 is 2.44 bits per heavy atom. The maximum Gasteiger partial charge on any atom is 0.130 e. The summed E-state index contributed by atoms with van der Waals surface area (Å²) in [6.07, 6.45) is 3.70. The highest BCUT2D eigenvalue weighted by Crippen LogP contribution is 2.06. The third kappa shape index (κ3) is 4.15. The molecule has 0 aliphatic heterocycles. The normalized spacial score (nSPS) is 11.9.